The molecule has 0 aromatic heterocycles. The van der Waals surface area contributed by atoms with E-state index in [2.05, 4.69) is 5.32 Å². The lowest BCUT2D eigenvalue weighted by atomic mass is 10.0. The van der Waals surface area contributed by atoms with E-state index in [0.717, 1.165) is 24.8 Å². The van der Waals surface area contributed by atoms with Gasteiger partial charge in [0.2, 0.25) is 15.9 Å². The first-order chi connectivity index (χ1) is 12.5. The van der Waals surface area contributed by atoms with Gasteiger partial charge in [-0.05, 0) is 60.2 Å². The summed E-state index contributed by atoms with van der Waals surface area (Å²) in [4.78, 5) is 12.7. The predicted octanol–water partition coefficient (Wildman–Crippen LogP) is 2.18. The van der Waals surface area contributed by atoms with E-state index in [9.17, 15) is 17.6 Å². The summed E-state index contributed by atoms with van der Waals surface area (Å²) in [7, 11) is -3.85. The van der Waals surface area contributed by atoms with Crippen LogP contribution >= 0.6 is 0 Å². The first kappa shape index (κ1) is 17.2. The highest BCUT2D eigenvalue weighted by Crippen LogP contribution is 2.32. The highest BCUT2D eigenvalue weighted by atomic mass is 32.2. The zero-order chi connectivity index (χ0) is 18.3. The van der Waals surface area contributed by atoms with Crippen molar-refractivity contribution < 1.29 is 17.6 Å². The number of nitrogens with one attached hydrogen (secondary N) is 1. The SMILES string of the molecule is O=C1NCCN(S(=O)(=O)c2ccc3c(c2)CCC3)C1c1ccc(F)cc1. The maximum atomic E-state index is 13.3. The zero-order valence-electron chi connectivity index (χ0n) is 14.1. The van der Waals surface area contributed by atoms with Crippen LogP contribution in [0.15, 0.2) is 47.4 Å². The largest absolute Gasteiger partial charge is 0.353 e. The van der Waals surface area contributed by atoms with Gasteiger partial charge in [0.15, 0.2) is 0 Å². The number of hydrogen-bond donors (Lipinski definition) is 1. The molecule has 1 N–H and O–H groups in total. The Kier molecular flexibility index (Phi) is 4.28. The number of amides is 1. The average molecular weight is 374 g/mol. The Morgan fingerprint density at radius 2 is 1.77 bits per heavy atom. The normalized spacial score (nSPS) is 20.7. The van der Waals surface area contributed by atoms with Crippen LogP contribution in [0.4, 0.5) is 4.39 Å². The van der Waals surface area contributed by atoms with Gasteiger partial charge in [-0.1, -0.05) is 18.2 Å². The van der Waals surface area contributed by atoms with Gasteiger partial charge < -0.3 is 5.32 Å². The summed E-state index contributed by atoms with van der Waals surface area (Å²) in [6.45, 7) is 0.425. The molecule has 5 nitrogen and oxygen atoms in total. The molecule has 26 heavy (non-hydrogen) atoms. The molecule has 0 saturated carbocycles. The van der Waals surface area contributed by atoms with Gasteiger partial charge in [0.1, 0.15) is 11.9 Å². The summed E-state index contributed by atoms with van der Waals surface area (Å²) >= 11 is 0. The Hall–Kier alpha value is -2.25. The maximum Gasteiger partial charge on any atom is 0.244 e. The lowest BCUT2D eigenvalue weighted by molar-refractivity contribution is -0.126. The number of nitrogens with zero attached hydrogens (tertiary/aromatic N) is 1. The van der Waals surface area contributed by atoms with Crippen LogP contribution in [-0.4, -0.2) is 31.7 Å². The first-order valence-electron chi connectivity index (χ1n) is 8.63. The minimum Gasteiger partial charge on any atom is -0.353 e. The van der Waals surface area contributed by atoms with Crippen molar-refractivity contribution >= 4 is 15.9 Å². The van der Waals surface area contributed by atoms with Gasteiger partial charge in [-0.2, -0.15) is 4.31 Å². The number of halogens is 1. The zero-order valence-corrected chi connectivity index (χ0v) is 14.9. The van der Waals surface area contributed by atoms with E-state index in [0.29, 0.717) is 5.56 Å². The number of sulfonamides is 1. The number of fused-ring (bicyclic) bond motifs is 1. The van der Waals surface area contributed by atoms with Crippen molar-refractivity contribution in [2.45, 2.75) is 30.2 Å². The fraction of sp³-hybridized carbons (Fsp3) is 0.316. The molecule has 1 atom stereocenters. The third-order valence-corrected chi connectivity index (χ3v) is 6.89. The molecule has 1 unspecified atom stereocenters. The molecule has 1 amide bonds. The van der Waals surface area contributed by atoms with Crippen LogP contribution in [0.1, 0.15) is 29.2 Å². The van der Waals surface area contributed by atoms with Crippen molar-refractivity contribution in [1.29, 1.82) is 0 Å². The van der Waals surface area contributed by atoms with E-state index in [1.165, 1.54) is 34.1 Å². The van der Waals surface area contributed by atoms with Gasteiger partial charge in [0.05, 0.1) is 4.90 Å². The number of benzene rings is 2. The molecule has 7 heteroatoms. The molecule has 1 aliphatic heterocycles. The number of aryl methyl sites for hydroxylation is 2. The minimum absolute atomic E-state index is 0.174. The Morgan fingerprint density at radius 3 is 2.54 bits per heavy atom. The van der Waals surface area contributed by atoms with Crippen molar-refractivity contribution in [3.8, 4) is 0 Å². The van der Waals surface area contributed by atoms with Crippen LogP contribution in [0, 0.1) is 5.82 Å². The Bertz CT molecular complexity index is 957. The van der Waals surface area contributed by atoms with E-state index < -0.39 is 27.8 Å². The molecule has 2 aromatic rings. The number of piperazine rings is 1. The molecule has 0 radical (unpaired) electrons. The summed E-state index contributed by atoms with van der Waals surface area (Å²) in [5.74, 6) is -0.828. The number of carbonyl (C=O) groups excluding carboxylic acids is 1. The van der Waals surface area contributed by atoms with Crippen LogP contribution in [0.2, 0.25) is 0 Å². The average Bonchev–Trinajstić information content (AvgIpc) is 3.10. The predicted molar refractivity (Wildman–Crippen MR) is 94.5 cm³/mol. The van der Waals surface area contributed by atoms with Gasteiger partial charge in [0.25, 0.3) is 0 Å². The van der Waals surface area contributed by atoms with Gasteiger partial charge in [-0.3, -0.25) is 4.79 Å². The van der Waals surface area contributed by atoms with Crippen molar-refractivity contribution in [2.24, 2.45) is 0 Å². The summed E-state index contributed by atoms with van der Waals surface area (Å²) in [6.07, 6.45) is 2.88. The second-order valence-corrected chi connectivity index (χ2v) is 8.54. The quantitative estimate of drug-likeness (QED) is 0.896. The first-order valence-corrected chi connectivity index (χ1v) is 10.1. The molecule has 0 bridgehead atoms. The molecule has 0 spiro atoms. The Labute approximate surface area is 151 Å². The number of rotatable bonds is 3. The third-order valence-electron chi connectivity index (χ3n) is 5.03. The van der Waals surface area contributed by atoms with E-state index >= 15 is 0 Å². The van der Waals surface area contributed by atoms with Crippen molar-refractivity contribution in [2.75, 3.05) is 13.1 Å². The van der Waals surface area contributed by atoms with Gasteiger partial charge >= 0.3 is 0 Å². The van der Waals surface area contributed by atoms with Gasteiger partial charge in [-0.15, -0.1) is 0 Å². The van der Waals surface area contributed by atoms with Crippen molar-refractivity contribution in [3.05, 3.63) is 65.0 Å². The Morgan fingerprint density at radius 1 is 1.04 bits per heavy atom. The molecular formula is C19H19FN2O3S. The molecule has 4 rings (SSSR count). The molecule has 2 aliphatic rings. The van der Waals surface area contributed by atoms with Crippen LogP contribution in [0.25, 0.3) is 0 Å². The van der Waals surface area contributed by atoms with E-state index in [4.69, 9.17) is 0 Å². The monoisotopic (exact) mass is 374 g/mol. The number of carbonyl (C=O) groups is 1. The summed E-state index contributed by atoms with van der Waals surface area (Å²) in [6, 6.07) is 9.59. The lowest BCUT2D eigenvalue weighted by Crippen LogP contribution is -2.52. The fourth-order valence-electron chi connectivity index (χ4n) is 3.71. The molecule has 1 heterocycles. The second-order valence-electron chi connectivity index (χ2n) is 6.64. The standard InChI is InChI=1S/C19H19FN2O3S/c20-16-7-4-14(5-8-16)18-19(23)21-10-11-22(18)26(24,25)17-9-6-13-2-1-3-15(13)12-17/h4-9,12,18H,1-3,10-11H2,(H,21,23). The molecular weight excluding hydrogens is 355 g/mol. The molecule has 2 aromatic carbocycles. The van der Waals surface area contributed by atoms with Crippen LogP contribution in [0.5, 0.6) is 0 Å². The van der Waals surface area contributed by atoms with Crippen molar-refractivity contribution in [1.82, 2.24) is 9.62 Å². The van der Waals surface area contributed by atoms with E-state index in [-0.39, 0.29) is 18.0 Å². The topological polar surface area (TPSA) is 66.5 Å². The summed E-state index contributed by atoms with van der Waals surface area (Å²) in [5.41, 5.74) is 2.70. The lowest BCUT2D eigenvalue weighted by Gasteiger charge is -2.34. The second kappa shape index (κ2) is 6.48. The van der Waals surface area contributed by atoms with Crippen molar-refractivity contribution in [3.63, 3.8) is 0 Å². The van der Waals surface area contributed by atoms with Crippen LogP contribution in [0.3, 0.4) is 0 Å². The summed E-state index contributed by atoms with van der Waals surface area (Å²) in [5, 5.41) is 2.70. The molecule has 1 fully saturated rings. The minimum atomic E-state index is -3.85. The molecule has 1 aliphatic carbocycles. The molecule has 136 valence electrons. The van der Waals surface area contributed by atoms with Gasteiger partial charge in [0, 0.05) is 13.1 Å². The van der Waals surface area contributed by atoms with E-state index in [1.807, 2.05) is 6.07 Å². The molecule has 1 saturated heterocycles. The number of hydrogen-bond acceptors (Lipinski definition) is 3. The Balaban J connectivity index is 1.75. The fourth-order valence-corrected chi connectivity index (χ4v) is 5.34. The third kappa shape index (κ3) is 2.91. The highest BCUT2D eigenvalue weighted by molar-refractivity contribution is 7.89. The smallest absolute Gasteiger partial charge is 0.244 e. The maximum absolute atomic E-state index is 13.3. The van der Waals surface area contributed by atoms with Crippen LogP contribution < -0.4 is 5.32 Å². The van der Waals surface area contributed by atoms with Crippen LogP contribution in [-0.2, 0) is 27.7 Å². The highest BCUT2D eigenvalue weighted by Gasteiger charge is 2.39. The summed E-state index contributed by atoms with van der Waals surface area (Å²) < 4.78 is 41.0. The van der Waals surface area contributed by atoms with E-state index in [1.54, 1.807) is 12.1 Å². The van der Waals surface area contributed by atoms with Gasteiger partial charge in [-0.25, -0.2) is 12.8 Å².